The number of benzene rings is 5. The van der Waals surface area contributed by atoms with Gasteiger partial charge >= 0.3 is 59.1 Å². The van der Waals surface area contributed by atoms with Gasteiger partial charge in [-0.15, -0.1) is 10.2 Å². The molecule has 0 amide bonds. The molecule has 5 aromatic carbocycles. The van der Waals surface area contributed by atoms with E-state index in [4.69, 9.17) is 11.5 Å². The van der Waals surface area contributed by atoms with E-state index in [1.165, 1.54) is 6.07 Å². The number of hydrogen-bond acceptors (Lipinski definition) is 21. The number of aromatic hydroxyl groups is 1. The molecule has 0 saturated carbocycles. The first-order valence-corrected chi connectivity index (χ1v) is 16.8. The monoisotopic (exact) mass is 812 g/mol. The minimum atomic E-state index is -5.28. The van der Waals surface area contributed by atoms with E-state index in [2.05, 4.69) is 31.3 Å². The predicted molar refractivity (Wildman–Crippen MR) is 180 cm³/mol. The minimum Gasteiger partial charge on any atom is -0.744 e. The number of nitrogens with one attached hydrogen (secondary N) is 2. The van der Waals surface area contributed by atoms with Crippen LogP contribution < -0.4 is 103 Å². The normalized spacial score (nSPS) is 12.3. The maximum Gasteiger partial charge on any atom is 1.00 e. The van der Waals surface area contributed by atoms with Crippen LogP contribution in [0.1, 0.15) is 0 Å². The molecule has 0 aromatic heterocycles. The van der Waals surface area contributed by atoms with Gasteiger partial charge in [0.15, 0.2) is 5.36 Å². The van der Waals surface area contributed by atoms with Gasteiger partial charge in [0.2, 0.25) is 10.9 Å². The van der Waals surface area contributed by atoms with Gasteiger partial charge in [-0.05, 0) is 53.9 Å². The summed E-state index contributed by atoms with van der Waals surface area (Å²) in [6.45, 7) is 0. The standard InChI is InChI=1S/C28H20N10O13S2.2Na/c29-17-7-13(1-3-22(17)37(42)43)31-34-20-11-21(28(41)26(27(20)40)36-32-14-2-4-23(38(44)45)18(30)8-14)35-33-19-9-15(52(46,47)48)5-12-6-16(53(49,50)51)10-24(39)25(12)19;;/h1-11,31-32,39H,29-30H2,(H,46,47,48)(H,49,50,51);;/q;2*+1/p-2/b34-20?,35-33?,36-26-;;. The van der Waals surface area contributed by atoms with Gasteiger partial charge < -0.3 is 25.7 Å². The SMILES string of the molecule is Nc1cc(NN=c2cc(N=Nc3cc(S(=O)(=O)[O-])cc4cc(S(=O)(=O)[O-])cc(O)c34)c(=O)/c(=N\Nc3ccc([N+](=O)[O-])c(N)c3)c2=O)ccc1[N+](=O)[O-].[Na+].[Na+]. The van der Waals surface area contributed by atoms with E-state index in [0.717, 1.165) is 36.4 Å². The number of phenolic OH excluding ortho intramolecular Hbond substituents is 1. The number of anilines is 4. The van der Waals surface area contributed by atoms with Crippen LogP contribution in [-0.2, 0) is 20.2 Å². The number of nitro groups is 2. The van der Waals surface area contributed by atoms with Crippen molar-refractivity contribution in [1.29, 1.82) is 0 Å². The Bertz CT molecular complexity index is 2900. The number of nitrogens with zero attached hydrogens (tertiary/aromatic N) is 6. The minimum absolute atomic E-state index is 0. The number of nitrogens with two attached hydrogens (primary N) is 2. The molecular formula is C28H18N10Na2O13S2. The van der Waals surface area contributed by atoms with E-state index in [1.54, 1.807) is 0 Å². The molecule has 0 aliphatic heterocycles. The van der Waals surface area contributed by atoms with E-state index in [-0.39, 0.29) is 81.9 Å². The fourth-order valence-electron chi connectivity index (χ4n) is 4.58. The van der Waals surface area contributed by atoms with Crippen LogP contribution in [0.2, 0.25) is 0 Å². The Hall–Kier alpha value is -5.22. The second kappa shape index (κ2) is 17.1. The van der Waals surface area contributed by atoms with Gasteiger partial charge in [-0.1, -0.05) is 0 Å². The summed E-state index contributed by atoms with van der Waals surface area (Å²) >= 11 is 0. The van der Waals surface area contributed by atoms with Gasteiger partial charge in [0.1, 0.15) is 48.4 Å². The van der Waals surface area contributed by atoms with Crippen LogP contribution >= 0.6 is 0 Å². The van der Waals surface area contributed by atoms with Crippen molar-refractivity contribution in [3.63, 3.8) is 0 Å². The van der Waals surface area contributed by atoms with E-state index in [1.807, 2.05) is 0 Å². The third-order valence-corrected chi connectivity index (χ3v) is 8.64. The van der Waals surface area contributed by atoms with Gasteiger partial charge in [0.25, 0.3) is 11.4 Å². The van der Waals surface area contributed by atoms with Gasteiger partial charge in [-0.2, -0.15) is 10.2 Å². The summed E-state index contributed by atoms with van der Waals surface area (Å²) in [4.78, 5) is 45.6. The van der Waals surface area contributed by atoms with E-state index in [0.29, 0.717) is 24.3 Å². The van der Waals surface area contributed by atoms with E-state index in [9.17, 15) is 60.9 Å². The molecular weight excluding hydrogens is 794 g/mol. The molecule has 0 bridgehead atoms. The molecule has 0 atom stereocenters. The smallest absolute Gasteiger partial charge is 0.744 e. The molecule has 7 N–H and O–H groups in total. The molecule has 0 radical (unpaired) electrons. The molecule has 272 valence electrons. The quantitative estimate of drug-likeness (QED) is 0.0221. The second-order valence-electron chi connectivity index (χ2n) is 10.5. The van der Waals surface area contributed by atoms with Crippen LogP contribution in [0.4, 0.5) is 45.5 Å². The molecule has 5 aromatic rings. The Kier molecular flexibility index (Phi) is 13.7. The number of azo groups is 1. The molecule has 5 rings (SSSR count). The molecule has 27 heteroatoms. The molecule has 0 unspecified atom stereocenters. The van der Waals surface area contributed by atoms with E-state index < -0.39 is 101 Å². The average Bonchev–Trinajstić information content (AvgIpc) is 3.05. The van der Waals surface area contributed by atoms with Crippen LogP contribution in [0.5, 0.6) is 5.75 Å². The van der Waals surface area contributed by atoms with Gasteiger partial charge in [0, 0.05) is 18.2 Å². The largest absolute Gasteiger partial charge is 1.00 e. The number of fused-ring (bicyclic) bond motifs is 1. The molecule has 0 spiro atoms. The Morgan fingerprint density at radius 2 is 1.13 bits per heavy atom. The van der Waals surface area contributed by atoms with Crippen LogP contribution in [0.25, 0.3) is 10.8 Å². The molecule has 0 fully saturated rings. The van der Waals surface area contributed by atoms with Gasteiger partial charge in [-0.3, -0.25) is 40.7 Å². The number of nitro benzene ring substituents is 2. The Morgan fingerprint density at radius 3 is 1.60 bits per heavy atom. The first kappa shape index (κ1) is 44.2. The topological polar surface area (TPSA) is 381 Å². The fourth-order valence-corrected chi connectivity index (χ4v) is 5.64. The first-order chi connectivity index (χ1) is 24.7. The number of rotatable bonds is 10. The molecule has 0 aliphatic rings. The molecule has 23 nitrogen and oxygen atoms in total. The molecule has 55 heavy (non-hydrogen) atoms. The van der Waals surface area contributed by atoms with Crippen LogP contribution in [0, 0.1) is 20.2 Å². The average molecular weight is 813 g/mol. The molecule has 0 saturated heterocycles. The van der Waals surface area contributed by atoms with Crippen LogP contribution in [-0.4, -0.2) is 40.9 Å². The summed E-state index contributed by atoms with van der Waals surface area (Å²) in [5, 5.41) is 45.6. The van der Waals surface area contributed by atoms with Crippen molar-refractivity contribution in [2.24, 2.45) is 20.4 Å². The van der Waals surface area contributed by atoms with E-state index >= 15 is 0 Å². The maximum atomic E-state index is 13.5. The van der Waals surface area contributed by atoms with Gasteiger partial charge in [-0.25, -0.2) is 16.8 Å². The Morgan fingerprint density at radius 1 is 0.655 bits per heavy atom. The number of phenols is 1. The second-order valence-corrected chi connectivity index (χ2v) is 13.3. The zero-order valence-corrected chi connectivity index (χ0v) is 33.5. The number of hydrogen-bond donors (Lipinski definition) is 5. The maximum absolute atomic E-state index is 13.5. The molecule has 0 aliphatic carbocycles. The summed E-state index contributed by atoms with van der Waals surface area (Å²) in [6.07, 6.45) is 0. The number of nitrogen functional groups attached to an aromatic ring is 2. The van der Waals surface area contributed by atoms with Crippen molar-refractivity contribution in [2.45, 2.75) is 9.79 Å². The fraction of sp³-hybridized carbons (Fsp3) is 0. The summed E-state index contributed by atoms with van der Waals surface area (Å²) in [5.74, 6) is -0.914. The Labute approximate surface area is 350 Å². The van der Waals surface area contributed by atoms with Gasteiger partial charge in [0.05, 0.1) is 42.1 Å². The summed E-state index contributed by atoms with van der Waals surface area (Å²) in [7, 11) is -10.5. The third kappa shape index (κ3) is 9.91. The van der Waals surface area contributed by atoms with Crippen molar-refractivity contribution < 1.29 is 100 Å². The first-order valence-electron chi connectivity index (χ1n) is 13.9. The molecule has 0 heterocycles. The van der Waals surface area contributed by atoms with Crippen molar-refractivity contribution in [1.82, 2.24) is 0 Å². The summed E-state index contributed by atoms with van der Waals surface area (Å²) in [6, 6.07) is 9.85. The van der Waals surface area contributed by atoms with Crippen molar-refractivity contribution in [3.8, 4) is 5.75 Å². The zero-order valence-electron chi connectivity index (χ0n) is 27.9. The van der Waals surface area contributed by atoms with Crippen molar-refractivity contribution in [3.05, 3.63) is 118 Å². The van der Waals surface area contributed by atoms with Crippen LogP contribution in [0.15, 0.2) is 107 Å². The zero-order chi connectivity index (χ0) is 39.0. The van der Waals surface area contributed by atoms with Crippen molar-refractivity contribution >= 4 is 76.5 Å². The van der Waals surface area contributed by atoms with Crippen LogP contribution in [0.3, 0.4) is 0 Å². The predicted octanol–water partition coefficient (Wildman–Crippen LogP) is -4.79. The summed E-state index contributed by atoms with van der Waals surface area (Å²) < 4.78 is 70.5. The third-order valence-electron chi connectivity index (χ3n) is 7.02. The Balaban J connectivity index is 0.00000406. The van der Waals surface area contributed by atoms with Crippen molar-refractivity contribution in [2.75, 3.05) is 22.3 Å². The summed E-state index contributed by atoms with van der Waals surface area (Å²) in [5.41, 5.74) is 11.0.